The van der Waals surface area contributed by atoms with Crippen LogP contribution in [0.1, 0.15) is 0 Å². The van der Waals surface area contributed by atoms with Crippen LogP contribution in [0.3, 0.4) is 0 Å². The molecule has 3 saturated heterocycles. The second-order valence-electron chi connectivity index (χ2n) is 23.5. The summed E-state index contributed by atoms with van der Waals surface area (Å²) in [6.07, 6.45) is 8.71. The minimum Gasteiger partial charge on any atom is -0.349 e. The molecule has 3 fully saturated rings. The molecule has 14 rings (SSSR count). The number of hydrogen-bond donors (Lipinski definition) is 0. The quantitative estimate of drug-likeness (QED) is 0.0984. The van der Waals surface area contributed by atoms with Crippen LogP contribution < -0.4 is 0 Å². The van der Waals surface area contributed by atoms with Crippen molar-refractivity contribution in [2.45, 2.75) is 24.5 Å². The van der Waals surface area contributed by atoms with Gasteiger partial charge in [0.1, 0.15) is 33.4 Å². The number of aryl methyl sites for hydroxylation is 2. The maximum absolute atomic E-state index is 13.2. The van der Waals surface area contributed by atoms with Gasteiger partial charge in [0.25, 0.3) is 0 Å². The molecule has 11 aromatic rings. The molecule has 90 heavy (non-hydrogen) atoms. The molecule has 3 aliphatic rings. The third-order valence-electron chi connectivity index (χ3n) is 17.1. The molecule has 0 saturated carbocycles. The van der Waals surface area contributed by atoms with Gasteiger partial charge in [-0.05, 0) is 33.3 Å². The van der Waals surface area contributed by atoms with Gasteiger partial charge in [-0.25, -0.2) is 22.5 Å². The Morgan fingerprint density at radius 3 is 1.33 bits per heavy atom. The van der Waals surface area contributed by atoms with Crippen molar-refractivity contribution in [3.05, 3.63) is 138 Å². The van der Waals surface area contributed by atoms with E-state index in [0.717, 1.165) is 156 Å². The maximum atomic E-state index is 13.2. The standard InChI is InChI=1S/C24H29N7O2S.C22H25ClN8.C18H21ClN6/c1-28-12-14-30(15-13-28)16-17-31-24-20(22(27-31)19-10-7-11-29(19)2)23(34(3,32)33)21(25-26-24)18-8-5-4-6-9-18;1-28-8-10-30(11-9-28)12-13-31-22-18(20(27-31)17-14-24-29(2)15-17)19(23)21(25-26-22)16-6-4-3-5-7-16;1-23-7-9-24(10-8-23)11-12-25-18-15(13-20-25)16(19)17(21-22-18)14-5-3-2-4-6-14/h4-11H,12-17H2,1-3H3;3-7,14-15H,8-13H2,1-2H3;2-6,13H,7-12H2,1H3. The number of aromatic nitrogens is 15. The first-order valence-electron chi connectivity index (χ1n) is 30.4. The average Bonchev–Trinajstić information content (AvgIpc) is 1.58. The Hall–Kier alpha value is -7.91. The zero-order valence-electron chi connectivity index (χ0n) is 51.7. The first-order chi connectivity index (χ1) is 43.6. The minimum absolute atomic E-state index is 0.172. The van der Waals surface area contributed by atoms with Crippen molar-refractivity contribution in [2.24, 2.45) is 14.1 Å². The van der Waals surface area contributed by atoms with Crippen molar-refractivity contribution < 1.29 is 8.42 Å². The summed E-state index contributed by atoms with van der Waals surface area (Å²) >= 11 is 13.5. The average molecular weight is 1270 g/mol. The number of rotatable bonds is 15. The van der Waals surface area contributed by atoms with Gasteiger partial charge in [0.2, 0.25) is 0 Å². The van der Waals surface area contributed by atoms with E-state index >= 15 is 0 Å². The van der Waals surface area contributed by atoms with E-state index in [-0.39, 0.29) is 4.90 Å². The predicted molar refractivity (Wildman–Crippen MR) is 354 cm³/mol. The highest BCUT2D eigenvalue weighted by Crippen LogP contribution is 2.39. The summed E-state index contributed by atoms with van der Waals surface area (Å²) < 4.78 is 35.7. The number of nitrogens with zero attached hydrogens (tertiary/aromatic N) is 21. The molecule has 0 aliphatic carbocycles. The summed E-state index contributed by atoms with van der Waals surface area (Å²) in [4.78, 5) is 14.5. The van der Waals surface area contributed by atoms with Crippen molar-refractivity contribution in [3.63, 3.8) is 0 Å². The van der Waals surface area contributed by atoms with Gasteiger partial charge in [0.15, 0.2) is 26.8 Å². The fourth-order valence-corrected chi connectivity index (χ4v) is 13.4. The summed E-state index contributed by atoms with van der Waals surface area (Å²) in [5.74, 6) is 0. The Morgan fingerprint density at radius 2 is 0.867 bits per heavy atom. The van der Waals surface area contributed by atoms with E-state index in [1.54, 1.807) is 10.9 Å². The highest BCUT2D eigenvalue weighted by atomic mass is 35.5. The van der Waals surface area contributed by atoms with E-state index in [1.165, 1.54) is 6.26 Å². The van der Waals surface area contributed by atoms with Gasteiger partial charge in [0.05, 0.1) is 63.9 Å². The van der Waals surface area contributed by atoms with E-state index in [9.17, 15) is 8.42 Å². The second kappa shape index (κ2) is 27.7. The SMILES string of the molecule is CN1CCN(CCn2nc(-c3cccn3C)c3c(S(C)(=O)=O)c(-c4ccccc4)nnc32)CC1.CN1CCN(CCn2nc(-c3cnn(C)c3)c3c(Cl)c(-c4ccccc4)nnc32)CC1.CN1CCN(CCn2ncc3c(Cl)c(-c4ccccc4)nnc32)CC1. The van der Waals surface area contributed by atoms with Gasteiger partial charge in [-0.15, -0.1) is 30.6 Å². The van der Waals surface area contributed by atoms with Gasteiger partial charge < -0.3 is 19.3 Å². The number of piperazine rings is 3. The number of likely N-dealkylation sites (N-methyl/N-ethyl adjacent to an activating group) is 3. The van der Waals surface area contributed by atoms with Gasteiger partial charge in [-0.2, -0.15) is 20.4 Å². The Balaban J connectivity index is 0.000000132. The molecule has 468 valence electrons. The van der Waals surface area contributed by atoms with E-state index in [2.05, 4.69) is 91.3 Å². The Morgan fingerprint density at radius 1 is 0.422 bits per heavy atom. The lowest BCUT2D eigenvalue weighted by Gasteiger charge is -2.32. The van der Waals surface area contributed by atoms with Crippen molar-refractivity contribution in [1.29, 1.82) is 0 Å². The minimum atomic E-state index is -3.64. The normalized spacial score (nSPS) is 16.0. The van der Waals surface area contributed by atoms with Crippen LogP contribution in [0.15, 0.2) is 133 Å². The summed E-state index contributed by atoms with van der Waals surface area (Å²) in [6.45, 7) is 17.6. The molecule has 26 heteroatoms. The number of sulfone groups is 1. The lowest BCUT2D eigenvalue weighted by Crippen LogP contribution is -2.45. The molecule has 0 amide bonds. The number of fused-ring (bicyclic) bond motifs is 3. The number of benzene rings is 3. The molecule has 11 heterocycles. The van der Waals surface area contributed by atoms with E-state index < -0.39 is 9.84 Å². The molecule has 23 nitrogen and oxygen atoms in total. The number of hydrogen-bond acceptors (Lipinski definition) is 18. The lowest BCUT2D eigenvalue weighted by molar-refractivity contribution is 0.149. The highest BCUT2D eigenvalue weighted by Gasteiger charge is 2.30. The summed E-state index contributed by atoms with van der Waals surface area (Å²) in [5.41, 5.74) is 9.42. The van der Waals surface area contributed by atoms with Crippen LogP contribution >= 0.6 is 23.2 Å². The summed E-state index contributed by atoms with van der Waals surface area (Å²) in [7, 11) is 6.65. The molecule has 3 aromatic carbocycles. The smallest absolute Gasteiger partial charge is 0.182 e. The fourth-order valence-electron chi connectivity index (χ4n) is 11.7. The van der Waals surface area contributed by atoms with Gasteiger partial charge in [0, 0.05) is 153 Å². The first-order valence-corrected chi connectivity index (χ1v) is 33.1. The van der Waals surface area contributed by atoms with Crippen molar-refractivity contribution in [1.82, 2.24) is 104 Å². The topological polar surface area (TPSA) is 207 Å². The Kier molecular flexibility index (Phi) is 19.2. The zero-order valence-corrected chi connectivity index (χ0v) is 54.1. The van der Waals surface area contributed by atoms with Crippen LogP contribution in [0.2, 0.25) is 10.0 Å². The molecule has 0 radical (unpaired) electrons. The molecular weight excluding hydrogens is 1200 g/mol. The second-order valence-corrected chi connectivity index (χ2v) is 26.2. The van der Waals surface area contributed by atoms with Gasteiger partial charge in [-0.1, -0.05) is 114 Å². The molecule has 0 N–H and O–H groups in total. The molecular formula is C64H75Cl2N21O2S. The molecule has 3 aliphatic heterocycles. The van der Waals surface area contributed by atoms with Gasteiger partial charge in [-0.3, -0.25) is 19.4 Å². The zero-order chi connectivity index (χ0) is 62.5. The van der Waals surface area contributed by atoms with Crippen LogP contribution in [-0.4, -0.2) is 238 Å². The monoisotopic (exact) mass is 1270 g/mol. The lowest BCUT2D eigenvalue weighted by atomic mass is 10.1. The molecule has 0 atom stereocenters. The van der Waals surface area contributed by atoms with E-state index in [0.29, 0.717) is 61.6 Å². The third kappa shape index (κ3) is 13.9. The van der Waals surface area contributed by atoms with Crippen molar-refractivity contribution in [3.8, 4) is 56.4 Å². The fraction of sp³-hybridized carbons (Fsp3) is 0.375. The largest absolute Gasteiger partial charge is 0.349 e. The summed E-state index contributed by atoms with van der Waals surface area (Å²) in [6, 6.07) is 33.0. The van der Waals surface area contributed by atoms with Crippen molar-refractivity contribution in [2.75, 3.05) is 126 Å². The Labute approximate surface area is 533 Å². The van der Waals surface area contributed by atoms with Crippen LogP contribution in [0, 0.1) is 0 Å². The Bertz CT molecular complexity index is 4340. The van der Waals surface area contributed by atoms with Crippen LogP contribution in [0.4, 0.5) is 0 Å². The molecule has 0 unspecified atom stereocenters. The van der Waals surface area contributed by atoms with Gasteiger partial charge >= 0.3 is 0 Å². The highest BCUT2D eigenvalue weighted by molar-refractivity contribution is 7.91. The van der Waals surface area contributed by atoms with E-state index in [1.807, 2.05) is 154 Å². The predicted octanol–water partition coefficient (Wildman–Crippen LogP) is 7.34. The van der Waals surface area contributed by atoms with Crippen LogP contribution in [-0.2, 0) is 43.6 Å². The van der Waals surface area contributed by atoms with Crippen LogP contribution in [0.25, 0.3) is 89.5 Å². The molecule has 8 aromatic heterocycles. The third-order valence-corrected chi connectivity index (χ3v) is 18.9. The van der Waals surface area contributed by atoms with Crippen molar-refractivity contribution >= 4 is 66.1 Å². The van der Waals surface area contributed by atoms with Crippen LogP contribution in [0.5, 0.6) is 0 Å². The van der Waals surface area contributed by atoms with E-state index in [4.69, 9.17) is 33.4 Å². The first kappa shape index (κ1) is 62.3. The molecule has 0 bridgehead atoms. The molecule has 0 spiro atoms. The number of halogens is 2. The maximum Gasteiger partial charge on any atom is 0.182 e. The summed E-state index contributed by atoms with van der Waals surface area (Å²) in [5, 5.41) is 48.7.